The number of allylic oxidation sites excluding steroid dienone is 1. The topological polar surface area (TPSA) is 30.5 Å². The molecule has 0 bridgehead atoms. The molecule has 0 radical (unpaired) electrons. The summed E-state index contributed by atoms with van der Waals surface area (Å²) in [5.74, 6) is 1.91. The summed E-state index contributed by atoms with van der Waals surface area (Å²) in [5.41, 5.74) is 1.32. The summed E-state index contributed by atoms with van der Waals surface area (Å²) >= 11 is 0. The first-order valence-electron chi connectivity index (χ1n) is 6.26. The van der Waals surface area contributed by atoms with E-state index in [1.807, 2.05) is 6.08 Å². The predicted molar refractivity (Wildman–Crippen MR) is 68.5 cm³/mol. The molecule has 96 valence electrons. The molecule has 1 saturated heterocycles. The van der Waals surface area contributed by atoms with Crippen molar-refractivity contribution in [3.05, 3.63) is 23.6 Å². The second-order valence-electron chi connectivity index (χ2n) is 5.76. The van der Waals surface area contributed by atoms with Gasteiger partial charge in [-0.1, -0.05) is 13.0 Å². The third-order valence-corrected chi connectivity index (χ3v) is 3.80. The van der Waals surface area contributed by atoms with E-state index in [0.29, 0.717) is 11.8 Å². The van der Waals surface area contributed by atoms with Gasteiger partial charge >= 0.3 is 0 Å². The van der Waals surface area contributed by atoms with Crippen LogP contribution >= 0.6 is 0 Å². The lowest BCUT2D eigenvalue weighted by Gasteiger charge is -2.46. The lowest BCUT2D eigenvalue weighted by molar-refractivity contribution is 0.0465. The van der Waals surface area contributed by atoms with E-state index in [2.05, 4.69) is 32.2 Å². The van der Waals surface area contributed by atoms with Crippen LogP contribution in [0.2, 0.25) is 0 Å². The van der Waals surface area contributed by atoms with Crippen LogP contribution in [0.1, 0.15) is 27.2 Å². The molecule has 0 spiro atoms. The third kappa shape index (κ3) is 2.21. The summed E-state index contributed by atoms with van der Waals surface area (Å²) < 4.78 is 11.0. The molecule has 3 heteroatoms. The number of rotatable bonds is 2. The van der Waals surface area contributed by atoms with Crippen molar-refractivity contribution < 1.29 is 9.47 Å². The van der Waals surface area contributed by atoms with Crippen LogP contribution in [0, 0.1) is 11.8 Å². The van der Waals surface area contributed by atoms with Crippen molar-refractivity contribution in [2.75, 3.05) is 14.2 Å². The van der Waals surface area contributed by atoms with Crippen molar-refractivity contribution in [2.24, 2.45) is 11.8 Å². The number of ether oxygens (including phenoxy) is 2. The largest absolute Gasteiger partial charge is 0.495 e. The van der Waals surface area contributed by atoms with E-state index in [1.165, 1.54) is 5.70 Å². The van der Waals surface area contributed by atoms with Gasteiger partial charge in [0, 0.05) is 18.6 Å². The molecule has 1 aliphatic heterocycles. The highest BCUT2D eigenvalue weighted by molar-refractivity contribution is 5.32. The minimum absolute atomic E-state index is 0.124. The van der Waals surface area contributed by atoms with E-state index >= 15 is 0 Å². The molecule has 3 atom stereocenters. The molecule has 2 rings (SSSR count). The first-order valence-corrected chi connectivity index (χ1v) is 6.26. The molecule has 17 heavy (non-hydrogen) atoms. The Bertz CT molecular complexity index is 357. The average molecular weight is 237 g/mol. The molecule has 0 amide bonds. The van der Waals surface area contributed by atoms with Crippen LogP contribution in [-0.4, -0.2) is 25.9 Å². The number of hydrogen-bond donors (Lipinski definition) is 1. The van der Waals surface area contributed by atoms with Crippen molar-refractivity contribution in [2.45, 2.75) is 38.8 Å². The van der Waals surface area contributed by atoms with Crippen LogP contribution in [0.5, 0.6) is 0 Å². The molecule has 3 nitrogen and oxygen atoms in total. The zero-order valence-electron chi connectivity index (χ0n) is 11.4. The second-order valence-corrected chi connectivity index (χ2v) is 5.76. The summed E-state index contributed by atoms with van der Waals surface area (Å²) in [5, 5.41) is 3.61. The van der Waals surface area contributed by atoms with Crippen LogP contribution < -0.4 is 5.32 Å². The van der Waals surface area contributed by atoms with E-state index in [4.69, 9.17) is 9.47 Å². The van der Waals surface area contributed by atoms with E-state index in [-0.39, 0.29) is 11.6 Å². The summed E-state index contributed by atoms with van der Waals surface area (Å²) in [6.07, 6.45) is 5.42. The van der Waals surface area contributed by atoms with Crippen molar-refractivity contribution in [3.8, 4) is 0 Å². The van der Waals surface area contributed by atoms with Crippen molar-refractivity contribution >= 4 is 0 Å². The van der Waals surface area contributed by atoms with Gasteiger partial charge in [0.25, 0.3) is 0 Å². The molecule has 2 aliphatic rings. The first-order chi connectivity index (χ1) is 7.98. The number of methoxy groups -OCH3 is 2. The van der Waals surface area contributed by atoms with E-state index in [9.17, 15) is 0 Å². The Morgan fingerprint density at radius 2 is 2.06 bits per heavy atom. The van der Waals surface area contributed by atoms with Gasteiger partial charge in [-0.3, -0.25) is 0 Å². The zero-order chi connectivity index (χ0) is 12.6. The zero-order valence-corrected chi connectivity index (χ0v) is 11.4. The molecule has 1 heterocycles. The van der Waals surface area contributed by atoms with Gasteiger partial charge in [0.2, 0.25) is 0 Å². The Morgan fingerprint density at radius 1 is 1.35 bits per heavy atom. The predicted octanol–water partition coefficient (Wildman–Crippen LogP) is 2.45. The van der Waals surface area contributed by atoms with E-state index in [1.54, 1.807) is 14.2 Å². The van der Waals surface area contributed by atoms with E-state index in [0.717, 1.165) is 12.2 Å². The number of hydrogen-bond acceptors (Lipinski definition) is 3. The molecule has 1 aliphatic carbocycles. The molecular formula is C14H23NO2. The summed E-state index contributed by atoms with van der Waals surface area (Å²) in [6, 6.07) is 0. The maximum absolute atomic E-state index is 5.58. The van der Waals surface area contributed by atoms with Gasteiger partial charge < -0.3 is 14.8 Å². The number of fused-ring (bicyclic) bond motifs is 1. The molecule has 1 N–H and O–H groups in total. The summed E-state index contributed by atoms with van der Waals surface area (Å²) in [6.45, 7) is 6.77. The van der Waals surface area contributed by atoms with Crippen molar-refractivity contribution in [1.29, 1.82) is 0 Å². The van der Waals surface area contributed by atoms with Crippen LogP contribution in [0.15, 0.2) is 23.6 Å². The Hall–Kier alpha value is -0.960. The summed E-state index contributed by atoms with van der Waals surface area (Å²) in [7, 11) is 3.50. The standard InChI is InChI=1S/C14H23NO2/c1-9-8-14(2,3)15-13-11(17-5)7-6-10(16-4)12(9)13/h6-7,9-10,12,15H,8H2,1-5H3. The molecule has 1 fully saturated rings. The van der Waals surface area contributed by atoms with Gasteiger partial charge in [-0.2, -0.15) is 0 Å². The monoisotopic (exact) mass is 237 g/mol. The minimum atomic E-state index is 0.124. The molecule has 0 aromatic rings. The first kappa shape index (κ1) is 12.5. The molecule has 0 saturated carbocycles. The van der Waals surface area contributed by atoms with Crippen LogP contribution in [0.25, 0.3) is 0 Å². The van der Waals surface area contributed by atoms with Crippen LogP contribution in [0.3, 0.4) is 0 Å². The van der Waals surface area contributed by atoms with Crippen molar-refractivity contribution in [1.82, 2.24) is 5.32 Å². The van der Waals surface area contributed by atoms with Gasteiger partial charge in [0.1, 0.15) is 5.76 Å². The Kier molecular flexibility index (Phi) is 3.21. The lowest BCUT2D eigenvalue weighted by atomic mass is 9.72. The molecule has 3 unspecified atom stereocenters. The van der Waals surface area contributed by atoms with Crippen LogP contribution in [0.4, 0.5) is 0 Å². The Balaban J connectivity index is 2.38. The Morgan fingerprint density at radius 3 is 2.65 bits per heavy atom. The second kappa shape index (κ2) is 4.37. The van der Waals surface area contributed by atoms with Crippen molar-refractivity contribution in [3.63, 3.8) is 0 Å². The lowest BCUT2D eigenvalue weighted by Crippen LogP contribution is -2.52. The van der Waals surface area contributed by atoms with Gasteiger partial charge in [0.15, 0.2) is 0 Å². The Labute approximate surface area is 104 Å². The number of nitrogens with one attached hydrogen (secondary N) is 1. The van der Waals surface area contributed by atoms with Gasteiger partial charge in [-0.05, 0) is 32.3 Å². The van der Waals surface area contributed by atoms with Gasteiger partial charge in [-0.15, -0.1) is 0 Å². The normalized spacial score (nSPS) is 35.2. The SMILES string of the molecule is COC1=C2NC(C)(C)CC(C)C2C(OC)C=C1. The minimum Gasteiger partial charge on any atom is -0.495 e. The third-order valence-electron chi connectivity index (χ3n) is 3.80. The maximum Gasteiger partial charge on any atom is 0.137 e. The fourth-order valence-corrected chi connectivity index (χ4v) is 3.22. The molecule has 0 aromatic heterocycles. The molecule has 0 aromatic carbocycles. The number of piperidine rings is 1. The van der Waals surface area contributed by atoms with Crippen LogP contribution in [-0.2, 0) is 9.47 Å². The highest BCUT2D eigenvalue weighted by Gasteiger charge is 2.41. The highest BCUT2D eigenvalue weighted by Crippen LogP contribution is 2.40. The highest BCUT2D eigenvalue weighted by atomic mass is 16.5. The smallest absolute Gasteiger partial charge is 0.137 e. The fraction of sp³-hybridized carbons (Fsp3) is 0.714. The quantitative estimate of drug-likeness (QED) is 0.800. The van der Waals surface area contributed by atoms with Gasteiger partial charge in [-0.25, -0.2) is 0 Å². The van der Waals surface area contributed by atoms with E-state index < -0.39 is 0 Å². The van der Waals surface area contributed by atoms with Gasteiger partial charge in [0.05, 0.1) is 18.9 Å². The average Bonchev–Trinajstić information content (AvgIpc) is 2.25. The fourth-order valence-electron chi connectivity index (χ4n) is 3.22. The molecular weight excluding hydrogens is 214 g/mol. The maximum atomic E-state index is 5.58. The summed E-state index contributed by atoms with van der Waals surface area (Å²) in [4.78, 5) is 0.